The number of carbonyl (C=O) groups is 3. The van der Waals surface area contributed by atoms with Crippen LogP contribution in [0.4, 0.5) is 0 Å². The Morgan fingerprint density at radius 3 is 2.60 bits per heavy atom. The number of nitrogens with one attached hydrogen (secondary N) is 1. The third kappa shape index (κ3) is 5.67. The zero-order chi connectivity index (χ0) is 24.9. The molecule has 0 aliphatic carbocycles. The second kappa shape index (κ2) is 11.2. The first-order valence-electron chi connectivity index (χ1n) is 12.2. The van der Waals surface area contributed by atoms with Gasteiger partial charge in [0.15, 0.2) is 0 Å². The molecule has 0 saturated carbocycles. The summed E-state index contributed by atoms with van der Waals surface area (Å²) in [6.45, 7) is 7.75. The minimum atomic E-state index is -0.609. The Bertz CT molecular complexity index is 1040. The Balaban J connectivity index is 1.64. The van der Waals surface area contributed by atoms with Gasteiger partial charge in [-0.1, -0.05) is 26.0 Å². The van der Waals surface area contributed by atoms with E-state index in [0.29, 0.717) is 48.8 Å². The van der Waals surface area contributed by atoms with Gasteiger partial charge in [0.25, 0.3) is 11.8 Å². The maximum Gasteiger partial charge on any atom is 0.264 e. The molecule has 35 heavy (non-hydrogen) atoms. The highest BCUT2D eigenvalue weighted by atomic mass is 32.1. The lowest BCUT2D eigenvalue weighted by atomic mass is 10.1. The smallest absolute Gasteiger partial charge is 0.264 e. The number of hydrogen-bond acceptors (Lipinski definition) is 6. The standard InChI is InChI=1S/C26H34N4O4S/c1-18(2)16-29(26(33)23-8-5-13-35-23)20-15-22(25(32)28-11-9-27-10-12-28)30(17-20)24(31)19-6-4-7-21(14-19)34-3/h4-8,13-14,18,20,22,27H,9-12,15-17H2,1-3H3. The fraction of sp³-hybridized carbons (Fsp3) is 0.500. The lowest BCUT2D eigenvalue weighted by Crippen LogP contribution is -2.53. The van der Waals surface area contributed by atoms with Crippen LogP contribution in [0.25, 0.3) is 0 Å². The van der Waals surface area contributed by atoms with Gasteiger partial charge < -0.3 is 24.8 Å². The highest BCUT2D eigenvalue weighted by Gasteiger charge is 2.45. The number of likely N-dealkylation sites (tertiary alicyclic amines) is 1. The number of methoxy groups -OCH3 is 1. The second-order valence-electron chi connectivity index (χ2n) is 9.50. The van der Waals surface area contributed by atoms with Crippen molar-refractivity contribution in [1.29, 1.82) is 0 Å². The summed E-state index contributed by atoms with van der Waals surface area (Å²) in [5.74, 6) is 0.546. The summed E-state index contributed by atoms with van der Waals surface area (Å²) in [5, 5.41) is 5.17. The van der Waals surface area contributed by atoms with Gasteiger partial charge in [0.05, 0.1) is 18.0 Å². The zero-order valence-electron chi connectivity index (χ0n) is 20.6. The van der Waals surface area contributed by atoms with Gasteiger partial charge in [0.1, 0.15) is 11.8 Å². The monoisotopic (exact) mass is 498 g/mol. The van der Waals surface area contributed by atoms with Gasteiger partial charge in [-0.15, -0.1) is 11.3 Å². The lowest BCUT2D eigenvalue weighted by molar-refractivity contribution is -0.135. The van der Waals surface area contributed by atoms with Crippen LogP contribution >= 0.6 is 11.3 Å². The SMILES string of the molecule is COc1cccc(C(=O)N2CC(N(CC(C)C)C(=O)c3cccs3)CC2C(=O)N2CCNCC2)c1. The molecule has 2 unspecified atom stereocenters. The van der Waals surface area contributed by atoms with Gasteiger partial charge in [-0.3, -0.25) is 14.4 Å². The fourth-order valence-electron chi connectivity index (χ4n) is 4.85. The average molecular weight is 499 g/mol. The van der Waals surface area contributed by atoms with E-state index in [2.05, 4.69) is 19.2 Å². The van der Waals surface area contributed by atoms with E-state index in [0.717, 1.165) is 13.1 Å². The molecule has 2 aromatic rings. The van der Waals surface area contributed by atoms with E-state index in [1.54, 1.807) is 36.3 Å². The maximum atomic E-state index is 13.7. The number of nitrogens with zero attached hydrogens (tertiary/aromatic N) is 3. The molecule has 1 aromatic carbocycles. The summed E-state index contributed by atoms with van der Waals surface area (Å²) in [7, 11) is 1.56. The maximum absolute atomic E-state index is 13.7. The molecule has 2 atom stereocenters. The van der Waals surface area contributed by atoms with Gasteiger partial charge in [-0.25, -0.2) is 0 Å². The van der Waals surface area contributed by atoms with E-state index in [1.807, 2.05) is 27.3 Å². The average Bonchev–Trinajstić information content (AvgIpc) is 3.57. The molecule has 1 aromatic heterocycles. The highest BCUT2D eigenvalue weighted by Crippen LogP contribution is 2.29. The molecule has 2 aliphatic heterocycles. The van der Waals surface area contributed by atoms with Crippen molar-refractivity contribution >= 4 is 29.1 Å². The Kier molecular flexibility index (Phi) is 8.07. The molecule has 188 valence electrons. The van der Waals surface area contributed by atoms with Crippen molar-refractivity contribution in [1.82, 2.24) is 20.0 Å². The first-order chi connectivity index (χ1) is 16.9. The van der Waals surface area contributed by atoms with Crippen molar-refractivity contribution in [3.63, 3.8) is 0 Å². The van der Waals surface area contributed by atoms with Crippen LogP contribution in [0, 0.1) is 5.92 Å². The largest absolute Gasteiger partial charge is 0.497 e. The highest BCUT2D eigenvalue weighted by molar-refractivity contribution is 7.12. The van der Waals surface area contributed by atoms with Crippen molar-refractivity contribution in [2.75, 3.05) is 46.4 Å². The minimum absolute atomic E-state index is 0.0391. The Labute approximate surface area is 210 Å². The normalized spacial score (nSPS) is 20.2. The lowest BCUT2D eigenvalue weighted by Gasteiger charge is -2.32. The first-order valence-corrected chi connectivity index (χ1v) is 13.1. The van der Waals surface area contributed by atoms with Gasteiger partial charge in [0, 0.05) is 44.8 Å². The van der Waals surface area contributed by atoms with Crippen molar-refractivity contribution in [2.24, 2.45) is 5.92 Å². The molecule has 3 amide bonds. The van der Waals surface area contributed by atoms with E-state index in [-0.39, 0.29) is 29.7 Å². The Morgan fingerprint density at radius 2 is 1.94 bits per heavy atom. The van der Waals surface area contributed by atoms with Crippen LogP contribution < -0.4 is 10.1 Å². The first kappa shape index (κ1) is 25.2. The quantitative estimate of drug-likeness (QED) is 0.635. The number of amides is 3. The minimum Gasteiger partial charge on any atom is -0.497 e. The number of hydrogen-bond donors (Lipinski definition) is 1. The van der Waals surface area contributed by atoms with Crippen molar-refractivity contribution < 1.29 is 19.1 Å². The number of rotatable bonds is 7. The molecular weight excluding hydrogens is 464 g/mol. The van der Waals surface area contributed by atoms with Crippen LogP contribution in [-0.2, 0) is 4.79 Å². The molecule has 8 nitrogen and oxygen atoms in total. The van der Waals surface area contributed by atoms with Gasteiger partial charge in [-0.2, -0.15) is 0 Å². The van der Waals surface area contributed by atoms with Gasteiger partial charge in [-0.05, 0) is 42.0 Å². The summed E-state index contributed by atoms with van der Waals surface area (Å²) in [5.41, 5.74) is 0.475. The summed E-state index contributed by atoms with van der Waals surface area (Å²) in [4.78, 5) is 46.8. The summed E-state index contributed by atoms with van der Waals surface area (Å²) in [6.07, 6.45) is 0.433. The van der Waals surface area contributed by atoms with Crippen LogP contribution in [0.2, 0.25) is 0 Å². The molecular formula is C26H34N4O4S. The molecule has 9 heteroatoms. The van der Waals surface area contributed by atoms with Crippen LogP contribution in [0.1, 0.15) is 40.3 Å². The van der Waals surface area contributed by atoms with Gasteiger partial charge in [0.2, 0.25) is 5.91 Å². The number of ether oxygens (including phenoxy) is 1. The van der Waals surface area contributed by atoms with E-state index in [4.69, 9.17) is 4.74 Å². The number of benzene rings is 1. The molecule has 3 heterocycles. The van der Waals surface area contributed by atoms with Crippen LogP contribution in [-0.4, -0.2) is 90.9 Å². The van der Waals surface area contributed by atoms with Crippen LogP contribution in [0.3, 0.4) is 0 Å². The third-order valence-corrected chi connectivity index (χ3v) is 7.42. The summed E-state index contributed by atoms with van der Waals surface area (Å²) >= 11 is 1.42. The molecule has 0 radical (unpaired) electrons. The topological polar surface area (TPSA) is 82.2 Å². The van der Waals surface area contributed by atoms with Crippen LogP contribution in [0.5, 0.6) is 5.75 Å². The van der Waals surface area contributed by atoms with E-state index in [1.165, 1.54) is 11.3 Å². The summed E-state index contributed by atoms with van der Waals surface area (Å²) in [6, 6.07) is 9.86. The van der Waals surface area contributed by atoms with Crippen molar-refractivity contribution in [3.05, 3.63) is 52.2 Å². The molecule has 2 saturated heterocycles. The molecule has 2 fully saturated rings. The third-order valence-electron chi connectivity index (χ3n) is 6.57. The number of carbonyl (C=O) groups excluding carboxylic acids is 3. The Morgan fingerprint density at radius 1 is 1.17 bits per heavy atom. The second-order valence-corrected chi connectivity index (χ2v) is 10.4. The Hall–Kier alpha value is -2.91. The predicted molar refractivity (Wildman–Crippen MR) is 136 cm³/mol. The van der Waals surface area contributed by atoms with Crippen LogP contribution in [0.15, 0.2) is 41.8 Å². The van der Waals surface area contributed by atoms with Crippen molar-refractivity contribution in [3.8, 4) is 5.75 Å². The van der Waals surface area contributed by atoms with Crippen molar-refractivity contribution in [2.45, 2.75) is 32.4 Å². The molecule has 0 spiro atoms. The molecule has 0 bridgehead atoms. The molecule has 2 aliphatic rings. The van der Waals surface area contributed by atoms with E-state index >= 15 is 0 Å². The van der Waals surface area contributed by atoms with Gasteiger partial charge >= 0.3 is 0 Å². The molecule has 4 rings (SSSR count). The number of piperazine rings is 1. The van der Waals surface area contributed by atoms with E-state index < -0.39 is 6.04 Å². The predicted octanol–water partition coefficient (Wildman–Crippen LogP) is 2.57. The number of thiophene rings is 1. The summed E-state index contributed by atoms with van der Waals surface area (Å²) < 4.78 is 5.31. The van der Waals surface area contributed by atoms with E-state index in [9.17, 15) is 14.4 Å². The fourth-order valence-corrected chi connectivity index (χ4v) is 5.53. The zero-order valence-corrected chi connectivity index (χ0v) is 21.4. The molecule has 1 N–H and O–H groups in total.